The monoisotopic (exact) mass is 205 g/mol. The Morgan fingerprint density at radius 1 is 0.533 bits per heavy atom. The van der Waals surface area contributed by atoms with Crippen LogP contribution in [0.4, 0.5) is 11.4 Å². The molecule has 0 aliphatic carbocycles. The van der Waals surface area contributed by atoms with Gasteiger partial charge in [-0.3, -0.25) is 0 Å². The summed E-state index contributed by atoms with van der Waals surface area (Å²) in [6.07, 6.45) is 0. The van der Waals surface area contributed by atoms with Gasteiger partial charge in [-0.1, -0.05) is 36.4 Å². The van der Waals surface area contributed by atoms with Crippen molar-refractivity contribution in [1.82, 2.24) is 0 Å². The minimum absolute atomic E-state index is 0. The van der Waals surface area contributed by atoms with Gasteiger partial charge in [-0.25, -0.2) is 0 Å². The second-order valence-electron chi connectivity index (χ2n) is 2.87. The molecule has 0 saturated heterocycles. The molecule has 2 aromatic carbocycles. The zero-order valence-electron chi connectivity index (χ0n) is 8.67. The number of azo groups is 1. The standard InChI is InChI=1S/C12H10N2.Na/c1-3-7-11(8-4-1)13-14-12-9-5-2-6-10-12;/h1-10H;. The summed E-state index contributed by atoms with van der Waals surface area (Å²) in [6, 6.07) is 19.4. The van der Waals surface area contributed by atoms with Crippen LogP contribution in [-0.2, 0) is 0 Å². The smallest absolute Gasteiger partial charge is 0.0857 e. The van der Waals surface area contributed by atoms with E-state index in [1.807, 2.05) is 60.7 Å². The third-order valence-electron chi connectivity index (χ3n) is 1.79. The van der Waals surface area contributed by atoms with Crippen LogP contribution in [0.15, 0.2) is 70.9 Å². The van der Waals surface area contributed by atoms with Gasteiger partial charge >= 0.3 is 0 Å². The Kier molecular flexibility index (Phi) is 5.26. The van der Waals surface area contributed by atoms with E-state index in [-0.39, 0.29) is 29.6 Å². The topological polar surface area (TPSA) is 24.7 Å². The average molecular weight is 205 g/mol. The average Bonchev–Trinajstić information content (AvgIpc) is 2.29. The van der Waals surface area contributed by atoms with E-state index in [9.17, 15) is 0 Å². The maximum atomic E-state index is 4.10. The molecule has 0 N–H and O–H groups in total. The van der Waals surface area contributed by atoms with E-state index in [0.717, 1.165) is 11.4 Å². The van der Waals surface area contributed by atoms with E-state index in [1.54, 1.807) is 0 Å². The maximum Gasteiger partial charge on any atom is 0.0857 e. The van der Waals surface area contributed by atoms with Gasteiger partial charge in [-0.05, 0) is 24.3 Å². The SMILES string of the molecule is [Na].c1ccc(N=Nc2ccccc2)cc1. The molecule has 3 heteroatoms. The van der Waals surface area contributed by atoms with Crippen LogP contribution < -0.4 is 0 Å². The number of hydrogen-bond acceptors (Lipinski definition) is 2. The van der Waals surface area contributed by atoms with Crippen molar-refractivity contribution in [3.05, 3.63) is 60.7 Å². The number of rotatable bonds is 2. The summed E-state index contributed by atoms with van der Waals surface area (Å²) in [4.78, 5) is 0. The maximum absolute atomic E-state index is 4.10. The molecule has 0 amide bonds. The van der Waals surface area contributed by atoms with Crippen LogP contribution in [0.25, 0.3) is 0 Å². The van der Waals surface area contributed by atoms with Crippen molar-refractivity contribution < 1.29 is 0 Å². The van der Waals surface area contributed by atoms with E-state index >= 15 is 0 Å². The van der Waals surface area contributed by atoms with Crippen LogP contribution in [0, 0.1) is 0 Å². The molecule has 0 saturated carbocycles. The molecule has 2 nitrogen and oxygen atoms in total. The first kappa shape index (κ1) is 12.1. The summed E-state index contributed by atoms with van der Waals surface area (Å²) in [5.74, 6) is 0. The van der Waals surface area contributed by atoms with Crippen molar-refractivity contribution in [2.24, 2.45) is 10.2 Å². The summed E-state index contributed by atoms with van der Waals surface area (Å²) in [5, 5.41) is 8.20. The van der Waals surface area contributed by atoms with Gasteiger partial charge in [0, 0.05) is 29.6 Å². The number of hydrogen-bond donors (Lipinski definition) is 0. The van der Waals surface area contributed by atoms with Gasteiger partial charge in [-0.2, -0.15) is 10.2 Å². The second kappa shape index (κ2) is 6.51. The first-order chi connectivity index (χ1) is 6.95. The Morgan fingerprint density at radius 2 is 0.867 bits per heavy atom. The van der Waals surface area contributed by atoms with Crippen LogP contribution >= 0.6 is 0 Å². The van der Waals surface area contributed by atoms with Gasteiger partial charge in [0.2, 0.25) is 0 Å². The normalized spacial score (nSPS) is 9.87. The van der Waals surface area contributed by atoms with Gasteiger partial charge in [0.1, 0.15) is 0 Å². The summed E-state index contributed by atoms with van der Waals surface area (Å²) < 4.78 is 0. The van der Waals surface area contributed by atoms with Crippen molar-refractivity contribution in [2.75, 3.05) is 0 Å². The summed E-state index contributed by atoms with van der Waals surface area (Å²) in [6.45, 7) is 0. The van der Waals surface area contributed by atoms with Gasteiger partial charge in [0.15, 0.2) is 0 Å². The molecule has 0 aliphatic heterocycles. The van der Waals surface area contributed by atoms with Crippen molar-refractivity contribution in [1.29, 1.82) is 0 Å². The molecule has 0 atom stereocenters. The van der Waals surface area contributed by atoms with Gasteiger partial charge in [0.25, 0.3) is 0 Å². The summed E-state index contributed by atoms with van der Waals surface area (Å²) >= 11 is 0. The zero-order valence-corrected chi connectivity index (χ0v) is 10.7. The van der Waals surface area contributed by atoms with Crippen molar-refractivity contribution in [2.45, 2.75) is 0 Å². The predicted octanol–water partition coefficient (Wildman–Crippen LogP) is 3.72. The van der Waals surface area contributed by atoms with Crippen LogP contribution in [0.5, 0.6) is 0 Å². The van der Waals surface area contributed by atoms with Crippen molar-refractivity contribution >= 4 is 40.9 Å². The molecule has 0 fully saturated rings. The third-order valence-corrected chi connectivity index (χ3v) is 1.79. The molecule has 15 heavy (non-hydrogen) atoms. The Labute approximate surface area is 111 Å². The number of benzene rings is 2. The first-order valence-corrected chi connectivity index (χ1v) is 4.47. The molecular weight excluding hydrogens is 195 g/mol. The van der Waals surface area contributed by atoms with Crippen LogP contribution in [0.1, 0.15) is 0 Å². The fourth-order valence-corrected chi connectivity index (χ4v) is 1.10. The molecule has 0 aliphatic rings. The Balaban J connectivity index is 0.00000112. The Bertz CT molecular complexity index is 371. The number of nitrogens with zero attached hydrogens (tertiary/aromatic N) is 2. The zero-order chi connectivity index (χ0) is 9.64. The minimum atomic E-state index is 0. The van der Waals surface area contributed by atoms with E-state index in [4.69, 9.17) is 0 Å². The predicted molar refractivity (Wildman–Crippen MR) is 62.8 cm³/mol. The Hall–Kier alpha value is -0.960. The van der Waals surface area contributed by atoms with E-state index in [0.29, 0.717) is 0 Å². The second-order valence-corrected chi connectivity index (χ2v) is 2.87. The Morgan fingerprint density at radius 3 is 1.20 bits per heavy atom. The van der Waals surface area contributed by atoms with Gasteiger partial charge < -0.3 is 0 Å². The van der Waals surface area contributed by atoms with Gasteiger partial charge in [0.05, 0.1) is 11.4 Å². The summed E-state index contributed by atoms with van der Waals surface area (Å²) in [5.41, 5.74) is 1.74. The fourth-order valence-electron chi connectivity index (χ4n) is 1.10. The van der Waals surface area contributed by atoms with Crippen molar-refractivity contribution in [3.63, 3.8) is 0 Å². The van der Waals surface area contributed by atoms with Crippen LogP contribution in [0.3, 0.4) is 0 Å². The molecule has 0 bridgehead atoms. The van der Waals surface area contributed by atoms with Crippen LogP contribution in [0.2, 0.25) is 0 Å². The molecule has 0 unspecified atom stereocenters. The largest absolute Gasteiger partial charge is 0.151 e. The molecule has 2 rings (SSSR count). The van der Waals surface area contributed by atoms with E-state index in [1.165, 1.54) is 0 Å². The van der Waals surface area contributed by atoms with E-state index < -0.39 is 0 Å². The molecule has 2 aromatic rings. The molecule has 0 aromatic heterocycles. The quantitative estimate of drug-likeness (QED) is 0.527. The van der Waals surface area contributed by atoms with Gasteiger partial charge in [-0.15, -0.1) is 0 Å². The molecule has 0 spiro atoms. The van der Waals surface area contributed by atoms with Crippen LogP contribution in [-0.4, -0.2) is 29.6 Å². The minimum Gasteiger partial charge on any atom is -0.151 e. The first-order valence-electron chi connectivity index (χ1n) is 4.47. The molecular formula is C12H10N2Na. The molecule has 1 radical (unpaired) electrons. The molecule has 69 valence electrons. The molecule has 0 heterocycles. The van der Waals surface area contributed by atoms with Crippen molar-refractivity contribution in [3.8, 4) is 0 Å². The van der Waals surface area contributed by atoms with E-state index in [2.05, 4.69) is 10.2 Å². The summed E-state index contributed by atoms with van der Waals surface area (Å²) in [7, 11) is 0. The third kappa shape index (κ3) is 3.96. The fraction of sp³-hybridized carbons (Fsp3) is 0.